The van der Waals surface area contributed by atoms with Crippen LogP contribution in [0.2, 0.25) is 0 Å². The molecule has 1 unspecified atom stereocenters. The molecular weight excluding hydrogens is 165 g/mol. The summed E-state index contributed by atoms with van der Waals surface area (Å²) >= 11 is 0. The van der Waals surface area contributed by atoms with Crippen molar-refractivity contribution >= 4 is 7.52 Å². The zero-order valence-electron chi connectivity index (χ0n) is 6.40. The lowest BCUT2D eigenvalue weighted by molar-refractivity contribution is 0.0718. The molecule has 0 amide bonds. The van der Waals surface area contributed by atoms with Crippen molar-refractivity contribution in [1.82, 2.24) is 0 Å². The zero-order chi connectivity index (χ0) is 8.32. The second-order valence-corrected chi connectivity index (χ2v) is 4.87. The van der Waals surface area contributed by atoms with Gasteiger partial charge >= 0.3 is 0 Å². The fourth-order valence-corrected chi connectivity index (χ4v) is 2.40. The third kappa shape index (κ3) is 3.87. The first-order valence-corrected chi connectivity index (χ1v) is 5.67. The van der Waals surface area contributed by atoms with E-state index in [1.165, 1.54) is 0 Å². The Morgan fingerprint density at radius 3 is 2.55 bits per heavy atom. The molecule has 0 aromatic carbocycles. The molecule has 0 aromatic rings. The fraction of sp³-hybridized carbons (Fsp3) is 1.00. The molecule has 1 aliphatic rings. The molecule has 1 fully saturated rings. The van der Waals surface area contributed by atoms with E-state index in [0.29, 0.717) is 13.2 Å². The van der Waals surface area contributed by atoms with Gasteiger partial charge in [-0.3, -0.25) is 10.1 Å². The Labute approximate surface area is 66.2 Å². The highest BCUT2D eigenvalue weighted by molar-refractivity contribution is 7.55. The van der Waals surface area contributed by atoms with Crippen molar-refractivity contribution in [2.24, 2.45) is 11.4 Å². The molecule has 11 heavy (non-hydrogen) atoms. The van der Waals surface area contributed by atoms with E-state index >= 15 is 0 Å². The Hall–Kier alpha value is 0.110. The van der Waals surface area contributed by atoms with E-state index in [4.69, 9.17) is 15.1 Å². The van der Waals surface area contributed by atoms with Crippen molar-refractivity contribution in [2.45, 2.75) is 12.8 Å². The van der Waals surface area contributed by atoms with Crippen molar-refractivity contribution in [1.29, 1.82) is 0 Å². The molecule has 1 rings (SSSR count). The monoisotopic (exact) mass is 179 g/mol. The quantitative estimate of drug-likeness (QED) is 0.607. The first kappa shape index (κ1) is 9.20. The Morgan fingerprint density at radius 1 is 1.55 bits per heavy atom. The summed E-state index contributed by atoms with van der Waals surface area (Å²) in [5.74, 6) is 0.282. The smallest absolute Gasteiger partial charge is 0.264 e. The first-order chi connectivity index (χ1) is 5.08. The van der Waals surface area contributed by atoms with Crippen molar-refractivity contribution in [3.8, 4) is 0 Å². The van der Waals surface area contributed by atoms with Crippen LogP contribution in [0, 0.1) is 5.92 Å². The topological polar surface area (TPSA) is 72.6 Å². The van der Waals surface area contributed by atoms with E-state index in [9.17, 15) is 4.57 Å². The molecule has 1 aliphatic heterocycles. The van der Waals surface area contributed by atoms with Crippen LogP contribution in [0.4, 0.5) is 0 Å². The van der Waals surface area contributed by atoms with E-state index < -0.39 is 7.52 Å². The summed E-state index contributed by atoms with van der Waals surface area (Å²) < 4.78 is 15.9. The maximum absolute atomic E-state index is 10.8. The van der Waals surface area contributed by atoms with Crippen molar-refractivity contribution in [3.05, 3.63) is 0 Å². The third-order valence-corrected chi connectivity index (χ3v) is 2.90. The largest absolute Gasteiger partial charge is 0.381 e. The van der Waals surface area contributed by atoms with Crippen LogP contribution in [0.5, 0.6) is 0 Å². The van der Waals surface area contributed by atoms with E-state index in [1.54, 1.807) is 0 Å². The van der Waals surface area contributed by atoms with Gasteiger partial charge in [-0.25, -0.2) is 0 Å². The van der Waals surface area contributed by atoms with Crippen LogP contribution >= 0.6 is 7.52 Å². The number of hydrogen-bond acceptors (Lipinski definition) is 2. The number of rotatable bonds is 2. The summed E-state index contributed by atoms with van der Waals surface area (Å²) in [4.78, 5) is 8.86. The summed E-state index contributed by atoms with van der Waals surface area (Å²) in [6.07, 6.45) is 1.97. The molecule has 66 valence electrons. The van der Waals surface area contributed by atoms with Crippen molar-refractivity contribution < 1.29 is 14.2 Å². The van der Waals surface area contributed by atoms with Gasteiger partial charge in [0.2, 0.25) is 0 Å². The van der Waals surface area contributed by atoms with Gasteiger partial charge in [-0.2, -0.15) is 0 Å². The second-order valence-electron chi connectivity index (χ2n) is 2.99. The van der Waals surface area contributed by atoms with E-state index in [2.05, 4.69) is 0 Å². The number of nitrogens with two attached hydrogens (primary N) is 1. The van der Waals surface area contributed by atoms with Crippen LogP contribution in [0.25, 0.3) is 0 Å². The van der Waals surface area contributed by atoms with Gasteiger partial charge in [0.1, 0.15) is 0 Å². The van der Waals surface area contributed by atoms with Gasteiger partial charge in [0.25, 0.3) is 7.52 Å². The van der Waals surface area contributed by atoms with Gasteiger partial charge in [0, 0.05) is 19.4 Å². The van der Waals surface area contributed by atoms with Gasteiger partial charge in [-0.1, -0.05) is 0 Å². The lowest BCUT2D eigenvalue weighted by Gasteiger charge is -2.22. The van der Waals surface area contributed by atoms with E-state index in [1.807, 2.05) is 0 Å². The average molecular weight is 179 g/mol. The lowest BCUT2D eigenvalue weighted by atomic mass is 10.0. The molecule has 1 saturated heterocycles. The highest BCUT2D eigenvalue weighted by Crippen LogP contribution is 2.35. The Morgan fingerprint density at radius 2 is 2.09 bits per heavy atom. The number of ether oxygens (including phenoxy) is 1. The van der Waals surface area contributed by atoms with E-state index in [0.717, 1.165) is 12.8 Å². The SMILES string of the molecule is NP(=O)(O)CC1CCOCC1. The third-order valence-electron chi connectivity index (χ3n) is 1.86. The second kappa shape index (κ2) is 3.68. The minimum atomic E-state index is -3.29. The number of hydrogen-bond donors (Lipinski definition) is 2. The molecule has 1 heterocycles. The van der Waals surface area contributed by atoms with Gasteiger partial charge in [0.05, 0.1) is 0 Å². The molecule has 0 aliphatic carbocycles. The molecule has 0 bridgehead atoms. The Bertz CT molecular complexity index is 161. The lowest BCUT2D eigenvalue weighted by Crippen LogP contribution is -2.20. The zero-order valence-corrected chi connectivity index (χ0v) is 7.30. The summed E-state index contributed by atoms with van der Waals surface area (Å²) in [5, 5.41) is 0. The highest BCUT2D eigenvalue weighted by Gasteiger charge is 2.21. The molecule has 0 saturated carbocycles. The molecule has 0 aromatic heterocycles. The van der Waals surface area contributed by atoms with Crippen LogP contribution in [-0.2, 0) is 9.30 Å². The standard InChI is InChI=1S/C6H14NO3P/c7-11(8,9)5-6-1-3-10-4-2-6/h6H,1-5H2,(H3,7,8,9). The summed E-state index contributed by atoms with van der Waals surface area (Å²) in [5.41, 5.74) is 5.04. The molecule has 3 N–H and O–H groups in total. The fourth-order valence-electron chi connectivity index (χ4n) is 1.30. The van der Waals surface area contributed by atoms with Crippen LogP contribution in [-0.4, -0.2) is 24.3 Å². The Balaban J connectivity index is 2.30. The van der Waals surface area contributed by atoms with Crippen LogP contribution in [0.3, 0.4) is 0 Å². The van der Waals surface area contributed by atoms with Crippen LogP contribution < -0.4 is 5.50 Å². The molecule has 0 radical (unpaired) electrons. The van der Waals surface area contributed by atoms with Crippen LogP contribution in [0.15, 0.2) is 0 Å². The average Bonchev–Trinajstić information content (AvgIpc) is 1.85. The van der Waals surface area contributed by atoms with Crippen molar-refractivity contribution in [3.63, 3.8) is 0 Å². The molecule has 0 spiro atoms. The molecular formula is C6H14NO3P. The summed E-state index contributed by atoms with van der Waals surface area (Å²) in [7, 11) is -3.29. The van der Waals surface area contributed by atoms with Gasteiger partial charge in [0.15, 0.2) is 0 Å². The molecule has 4 nitrogen and oxygen atoms in total. The molecule has 5 heteroatoms. The summed E-state index contributed by atoms with van der Waals surface area (Å²) in [6, 6.07) is 0. The Kier molecular flexibility index (Phi) is 3.07. The normalized spacial score (nSPS) is 26.4. The molecule has 1 atom stereocenters. The van der Waals surface area contributed by atoms with Crippen LogP contribution in [0.1, 0.15) is 12.8 Å². The van der Waals surface area contributed by atoms with Gasteiger partial charge < -0.3 is 9.63 Å². The maximum atomic E-state index is 10.8. The van der Waals surface area contributed by atoms with Crippen molar-refractivity contribution in [2.75, 3.05) is 19.4 Å². The minimum absolute atomic E-state index is 0.246. The van der Waals surface area contributed by atoms with Gasteiger partial charge in [-0.15, -0.1) is 0 Å². The van der Waals surface area contributed by atoms with Gasteiger partial charge in [-0.05, 0) is 18.8 Å². The minimum Gasteiger partial charge on any atom is -0.381 e. The highest BCUT2D eigenvalue weighted by atomic mass is 31.2. The van der Waals surface area contributed by atoms with E-state index in [-0.39, 0.29) is 12.1 Å². The predicted octanol–water partition coefficient (Wildman–Crippen LogP) is 0.557. The maximum Gasteiger partial charge on any atom is 0.264 e. The predicted molar refractivity (Wildman–Crippen MR) is 42.4 cm³/mol. The first-order valence-electron chi connectivity index (χ1n) is 3.76. The summed E-state index contributed by atoms with van der Waals surface area (Å²) in [6.45, 7) is 1.40.